The van der Waals surface area contributed by atoms with Crippen LogP contribution in [0.2, 0.25) is 4.34 Å². The van der Waals surface area contributed by atoms with Crippen molar-refractivity contribution in [2.75, 3.05) is 0 Å². The summed E-state index contributed by atoms with van der Waals surface area (Å²) in [6.07, 6.45) is 2.28. The minimum absolute atomic E-state index is 0.0122. The smallest absolute Gasteiger partial charge is 0.0931 e. The molecule has 96 valence electrons. The average Bonchev–Trinajstić information content (AvgIpc) is 2.79. The van der Waals surface area contributed by atoms with Crippen LogP contribution in [-0.4, -0.2) is 0 Å². The molecule has 0 spiro atoms. The third-order valence-corrected chi connectivity index (χ3v) is 4.19. The lowest BCUT2D eigenvalue weighted by atomic mass is 10.0. The fourth-order valence-electron chi connectivity index (χ4n) is 1.99. The third kappa shape index (κ3) is 3.12. The molecule has 1 aromatic heterocycles. The Bertz CT molecular complexity index is 493. The number of nitrogens with one attached hydrogen (secondary N) is 1. The van der Waals surface area contributed by atoms with Gasteiger partial charge in [0.05, 0.1) is 10.4 Å². The molecule has 2 aromatic rings. The highest BCUT2D eigenvalue weighted by Gasteiger charge is 2.14. The highest BCUT2D eigenvalue weighted by Crippen LogP contribution is 2.30. The molecular formula is C14H17ClN2S. The first-order valence-corrected chi connectivity index (χ1v) is 7.24. The Kier molecular flexibility index (Phi) is 4.78. The minimum atomic E-state index is 0.0122. The molecule has 0 bridgehead atoms. The van der Waals surface area contributed by atoms with Crippen molar-refractivity contribution in [1.82, 2.24) is 5.43 Å². The molecule has 1 atom stereocenters. The van der Waals surface area contributed by atoms with Crippen LogP contribution < -0.4 is 11.3 Å². The Morgan fingerprint density at radius 1 is 1.22 bits per heavy atom. The van der Waals surface area contributed by atoms with Gasteiger partial charge in [-0.2, -0.15) is 0 Å². The van der Waals surface area contributed by atoms with Gasteiger partial charge in [-0.25, -0.2) is 5.43 Å². The lowest BCUT2D eigenvalue weighted by Crippen LogP contribution is -2.28. The molecule has 0 saturated heterocycles. The SMILES string of the molecule is CCCc1ccc(C(NN)c2ccc(Cl)s2)cc1. The largest absolute Gasteiger partial charge is 0.271 e. The molecule has 2 nitrogen and oxygen atoms in total. The van der Waals surface area contributed by atoms with Crippen LogP contribution in [0.15, 0.2) is 36.4 Å². The molecule has 2 rings (SSSR count). The normalized spacial score (nSPS) is 12.6. The summed E-state index contributed by atoms with van der Waals surface area (Å²) in [6, 6.07) is 12.5. The maximum Gasteiger partial charge on any atom is 0.0931 e. The molecule has 3 N–H and O–H groups in total. The number of hydrogen-bond donors (Lipinski definition) is 2. The zero-order chi connectivity index (χ0) is 13.0. The Morgan fingerprint density at radius 2 is 1.94 bits per heavy atom. The summed E-state index contributed by atoms with van der Waals surface area (Å²) in [5, 5.41) is 0. The summed E-state index contributed by atoms with van der Waals surface area (Å²) in [5.41, 5.74) is 5.38. The van der Waals surface area contributed by atoms with E-state index in [4.69, 9.17) is 17.4 Å². The summed E-state index contributed by atoms with van der Waals surface area (Å²) in [4.78, 5) is 1.13. The van der Waals surface area contributed by atoms with E-state index in [0.717, 1.165) is 21.2 Å². The monoisotopic (exact) mass is 280 g/mol. The fraction of sp³-hybridized carbons (Fsp3) is 0.286. The molecule has 0 fully saturated rings. The van der Waals surface area contributed by atoms with E-state index in [1.807, 2.05) is 12.1 Å². The van der Waals surface area contributed by atoms with Crippen molar-refractivity contribution >= 4 is 22.9 Å². The van der Waals surface area contributed by atoms with Crippen LogP contribution >= 0.6 is 22.9 Å². The highest BCUT2D eigenvalue weighted by atomic mass is 35.5. The Morgan fingerprint density at radius 3 is 2.44 bits per heavy atom. The van der Waals surface area contributed by atoms with Crippen molar-refractivity contribution in [2.45, 2.75) is 25.8 Å². The van der Waals surface area contributed by atoms with Crippen LogP contribution in [0.4, 0.5) is 0 Å². The molecule has 4 heteroatoms. The topological polar surface area (TPSA) is 38.0 Å². The van der Waals surface area contributed by atoms with E-state index in [1.165, 1.54) is 12.0 Å². The van der Waals surface area contributed by atoms with Gasteiger partial charge in [0.25, 0.3) is 0 Å². The number of rotatable bonds is 5. The summed E-state index contributed by atoms with van der Waals surface area (Å²) < 4.78 is 0.785. The van der Waals surface area contributed by atoms with Crippen molar-refractivity contribution in [1.29, 1.82) is 0 Å². The van der Waals surface area contributed by atoms with Crippen LogP contribution in [0, 0.1) is 0 Å². The molecule has 0 saturated carbocycles. The molecule has 1 heterocycles. The van der Waals surface area contributed by atoms with Crippen molar-refractivity contribution in [3.8, 4) is 0 Å². The van der Waals surface area contributed by atoms with E-state index in [9.17, 15) is 0 Å². The van der Waals surface area contributed by atoms with Crippen molar-refractivity contribution in [2.24, 2.45) is 5.84 Å². The van der Waals surface area contributed by atoms with Gasteiger partial charge in [0.15, 0.2) is 0 Å². The number of benzene rings is 1. The van der Waals surface area contributed by atoms with Gasteiger partial charge in [-0.1, -0.05) is 49.2 Å². The quantitative estimate of drug-likeness (QED) is 0.644. The van der Waals surface area contributed by atoms with Gasteiger partial charge in [-0.15, -0.1) is 11.3 Å². The molecule has 0 aliphatic rings. The molecule has 0 aliphatic carbocycles. The minimum Gasteiger partial charge on any atom is -0.271 e. The lowest BCUT2D eigenvalue weighted by molar-refractivity contribution is 0.646. The molecule has 1 aromatic carbocycles. The van der Waals surface area contributed by atoms with E-state index < -0.39 is 0 Å². The molecule has 0 radical (unpaired) electrons. The zero-order valence-electron chi connectivity index (χ0n) is 10.3. The van der Waals surface area contributed by atoms with E-state index in [1.54, 1.807) is 11.3 Å². The summed E-state index contributed by atoms with van der Waals surface area (Å²) in [5.74, 6) is 5.66. The van der Waals surface area contributed by atoms with E-state index in [2.05, 4.69) is 36.6 Å². The second kappa shape index (κ2) is 6.34. The zero-order valence-corrected chi connectivity index (χ0v) is 11.9. The van der Waals surface area contributed by atoms with Crippen molar-refractivity contribution in [3.05, 3.63) is 56.7 Å². The molecule has 1 unspecified atom stereocenters. The van der Waals surface area contributed by atoms with Gasteiger partial charge in [0.1, 0.15) is 0 Å². The second-order valence-electron chi connectivity index (χ2n) is 4.23. The van der Waals surface area contributed by atoms with E-state index in [0.29, 0.717) is 0 Å². The highest BCUT2D eigenvalue weighted by molar-refractivity contribution is 7.16. The number of halogens is 1. The van der Waals surface area contributed by atoms with Gasteiger partial charge in [-0.05, 0) is 29.7 Å². The number of hydrazine groups is 1. The summed E-state index contributed by atoms with van der Waals surface area (Å²) in [6.45, 7) is 2.19. The van der Waals surface area contributed by atoms with Gasteiger partial charge >= 0.3 is 0 Å². The first-order chi connectivity index (χ1) is 8.74. The first kappa shape index (κ1) is 13.6. The molecule has 0 amide bonds. The predicted octanol–water partition coefficient (Wildman–Crippen LogP) is 3.91. The average molecular weight is 281 g/mol. The first-order valence-electron chi connectivity index (χ1n) is 6.04. The Balaban J connectivity index is 2.22. The number of thiophene rings is 1. The maximum atomic E-state index is 5.97. The lowest BCUT2D eigenvalue weighted by Gasteiger charge is -2.15. The van der Waals surface area contributed by atoms with Gasteiger partial charge < -0.3 is 0 Å². The van der Waals surface area contributed by atoms with Crippen LogP contribution in [0.3, 0.4) is 0 Å². The van der Waals surface area contributed by atoms with Crippen molar-refractivity contribution in [3.63, 3.8) is 0 Å². The second-order valence-corrected chi connectivity index (χ2v) is 5.98. The van der Waals surface area contributed by atoms with Crippen LogP contribution in [-0.2, 0) is 6.42 Å². The fourth-order valence-corrected chi connectivity index (χ4v) is 3.14. The summed E-state index contributed by atoms with van der Waals surface area (Å²) >= 11 is 7.52. The van der Waals surface area contributed by atoms with Gasteiger partial charge in [0.2, 0.25) is 0 Å². The Hall–Kier alpha value is -0.870. The van der Waals surface area contributed by atoms with Crippen LogP contribution in [0.25, 0.3) is 0 Å². The van der Waals surface area contributed by atoms with Crippen LogP contribution in [0.5, 0.6) is 0 Å². The van der Waals surface area contributed by atoms with E-state index >= 15 is 0 Å². The van der Waals surface area contributed by atoms with Gasteiger partial charge in [-0.3, -0.25) is 5.84 Å². The summed E-state index contributed by atoms with van der Waals surface area (Å²) in [7, 11) is 0. The molecule has 0 aliphatic heterocycles. The maximum absolute atomic E-state index is 5.97. The third-order valence-electron chi connectivity index (χ3n) is 2.90. The number of hydrogen-bond acceptors (Lipinski definition) is 3. The van der Waals surface area contributed by atoms with Gasteiger partial charge in [0, 0.05) is 4.88 Å². The number of nitrogens with two attached hydrogens (primary N) is 1. The van der Waals surface area contributed by atoms with Crippen LogP contribution in [0.1, 0.15) is 35.4 Å². The standard InChI is InChI=1S/C14H17ClN2S/c1-2-3-10-4-6-11(7-5-10)14(17-16)12-8-9-13(15)18-12/h4-9,14,17H,2-3,16H2,1H3. The predicted molar refractivity (Wildman–Crippen MR) is 78.9 cm³/mol. The van der Waals surface area contributed by atoms with Crippen molar-refractivity contribution < 1.29 is 0 Å². The molecular weight excluding hydrogens is 264 g/mol. The molecule has 18 heavy (non-hydrogen) atoms. The Labute approximate surface area is 117 Å². The van der Waals surface area contributed by atoms with E-state index in [-0.39, 0.29) is 6.04 Å². The number of aryl methyl sites for hydroxylation is 1.